The summed E-state index contributed by atoms with van der Waals surface area (Å²) in [6.07, 6.45) is 0.922. The van der Waals surface area contributed by atoms with Gasteiger partial charge in [-0.05, 0) is 25.1 Å². The molecule has 1 aromatic heterocycles. The van der Waals surface area contributed by atoms with Gasteiger partial charge in [0, 0.05) is 6.54 Å². The second kappa shape index (κ2) is 3.99. The molecule has 16 heavy (non-hydrogen) atoms. The maximum Gasteiger partial charge on any atom is 0.288 e. The Labute approximate surface area is 95.5 Å². The van der Waals surface area contributed by atoms with Crippen LogP contribution in [0.2, 0.25) is 0 Å². The second-order valence-electron chi connectivity index (χ2n) is 3.86. The van der Waals surface area contributed by atoms with E-state index in [4.69, 9.17) is 4.42 Å². The molecular weight excluding hydrogens is 224 g/mol. The topological polar surface area (TPSA) is 55.1 Å². The summed E-state index contributed by atoms with van der Waals surface area (Å²) < 4.78 is 17.6. The molecule has 1 aromatic carbocycles. The Kier molecular flexibility index (Phi) is 2.49. The molecule has 84 valence electrons. The molecule has 0 bridgehead atoms. The van der Waals surface area contributed by atoms with E-state index in [-0.39, 0.29) is 5.25 Å². The quantitative estimate of drug-likeness (QED) is 0.854. The molecule has 0 spiro atoms. The largest absolute Gasteiger partial charge is 0.430 e. The van der Waals surface area contributed by atoms with Gasteiger partial charge in [0.2, 0.25) is 0 Å². The molecule has 0 amide bonds. The molecule has 2 heterocycles. The van der Waals surface area contributed by atoms with Crippen molar-refractivity contribution in [1.29, 1.82) is 0 Å². The molecule has 2 unspecified atom stereocenters. The summed E-state index contributed by atoms with van der Waals surface area (Å²) in [5.74, 6) is 0. The summed E-state index contributed by atoms with van der Waals surface area (Å²) in [7, 11) is -1.13. The summed E-state index contributed by atoms with van der Waals surface area (Å²) in [6, 6.07) is 7.49. The van der Waals surface area contributed by atoms with Crippen molar-refractivity contribution >= 4 is 21.9 Å². The average Bonchev–Trinajstić information content (AvgIpc) is 2.97. The fourth-order valence-electron chi connectivity index (χ4n) is 1.89. The molecule has 5 heteroatoms. The predicted molar refractivity (Wildman–Crippen MR) is 61.7 cm³/mol. The normalized spacial score (nSPS) is 22.6. The van der Waals surface area contributed by atoms with Crippen LogP contribution < -0.4 is 5.32 Å². The van der Waals surface area contributed by atoms with Crippen LogP contribution in [0.4, 0.5) is 0 Å². The maximum atomic E-state index is 12.1. The van der Waals surface area contributed by atoms with Gasteiger partial charge in [0.1, 0.15) is 16.3 Å². The number of fused-ring (bicyclic) bond motifs is 1. The number of hydrogen-bond acceptors (Lipinski definition) is 4. The van der Waals surface area contributed by atoms with Crippen molar-refractivity contribution in [2.24, 2.45) is 0 Å². The molecule has 1 saturated heterocycles. The lowest BCUT2D eigenvalue weighted by molar-refractivity contribution is 0.475. The van der Waals surface area contributed by atoms with Crippen LogP contribution in [0.5, 0.6) is 0 Å². The molecule has 0 radical (unpaired) electrons. The molecular formula is C11H12N2O2S. The predicted octanol–water partition coefficient (Wildman–Crippen LogP) is 1.30. The van der Waals surface area contributed by atoms with Crippen molar-refractivity contribution in [3.63, 3.8) is 0 Å². The average molecular weight is 236 g/mol. The van der Waals surface area contributed by atoms with Gasteiger partial charge in [0.05, 0.1) is 5.25 Å². The van der Waals surface area contributed by atoms with Crippen molar-refractivity contribution < 1.29 is 8.63 Å². The zero-order valence-corrected chi connectivity index (χ0v) is 9.50. The third-order valence-corrected chi connectivity index (χ3v) is 4.29. The maximum absolute atomic E-state index is 12.1. The smallest absolute Gasteiger partial charge is 0.288 e. The summed E-state index contributed by atoms with van der Waals surface area (Å²) in [6.45, 7) is 1.71. The van der Waals surface area contributed by atoms with E-state index in [0.29, 0.717) is 10.8 Å². The van der Waals surface area contributed by atoms with Crippen LogP contribution in [0.15, 0.2) is 33.9 Å². The van der Waals surface area contributed by atoms with Crippen LogP contribution in [0, 0.1) is 0 Å². The van der Waals surface area contributed by atoms with Crippen LogP contribution in [0.3, 0.4) is 0 Å². The standard InChI is InChI=1S/C11H12N2O2S/c14-16(8-5-6-12-7-8)11-13-9-3-1-2-4-10(9)15-11/h1-4,8,12H,5-7H2. The Morgan fingerprint density at radius 3 is 3.06 bits per heavy atom. The van der Waals surface area contributed by atoms with Gasteiger partial charge in [0.15, 0.2) is 5.58 Å². The summed E-state index contributed by atoms with van der Waals surface area (Å²) in [5, 5.41) is 3.68. The van der Waals surface area contributed by atoms with Gasteiger partial charge < -0.3 is 9.73 Å². The SMILES string of the molecule is O=S(c1nc2ccccc2o1)C1CCNC1. The molecule has 1 aliphatic rings. The van der Waals surface area contributed by atoms with Gasteiger partial charge in [-0.1, -0.05) is 12.1 Å². The molecule has 1 N–H and O–H groups in total. The fourth-order valence-corrected chi connectivity index (χ4v) is 3.14. The van der Waals surface area contributed by atoms with E-state index in [2.05, 4.69) is 10.3 Å². The highest BCUT2D eigenvalue weighted by Crippen LogP contribution is 2.20. The summed E-state index contributed by atoms with van der Waals surface area (Å²) >= 11 is 0. The minimum atomic E-state index is -1.13. The van der Waals surface area contributed by atoms with Crippen LogP contribution >= 0.6 is 0 Å². The van der Waals surface area contributed by atoms with Crippen molar-refractivity contribution in [2.75, 3.05) is 13.1 Å². The summed E-state index contributed by atoms with van der Waals surface area (Å²) in [4.78, 5) is 4.26. The van der Waals surface area contributed by atoms with Crippen molar-refractivity contribution in [1.82, 2.24) is 10.3 Å². The van der Waals surface area contributed by atoms with Gasteiger partial charge in [0.25, 0.3) is 5.22 Å². The van der Waals surface area contributed by atoms with Gasteiger partial charge in [-0.3, -0.25) is 0 Å². The number of benzene rings is 1. The van der Waals surface area contributed by atoms with Crippen molar-refractivity contribution in [3.05, 3.63) is 24.3 Å². The first-order chi connectivity index (χ1) is 7.84. The second-order valence-corrected chi connectivity index (χ2v) is 5.47. The van der Waals surface area contributed by atoms with E-state index in [0.717, 1.165) is 25.0 Å². The Balaban J connectivity index is 1.96. The zero-order valence-electron chi connectivity index (χ0n) is 8.68. The first kappa shape index (κ1) is 9.99. The van der Waals surface area contributed by atoms with E-state index < -0.39 is 10.8 Å². The number of oxazole rings is 1. The van der Waals surface area contributed by atoms with Crippen LogP contribution in [0.25, 0.3) is 11.1 Å². The van der Waals surface area contributed by atoms with Gasteiger partial charge in [-0.25, -0.2) is 9.19 Å². The number of nitrogens with one attached hydrogen (secondary N) is 1. The molecule has 4 nitrogen and oxygen atoms in total. The third kappa shape index (κ3) is 1.66. The lowest BCUT2D eigenvalue weighted by Crippen LogP contribution is -2.18. The Morgan fingerprint density at radius 1 is 1.44 bits per heavy atom. The Bertz CT molecular complexity index is 499. The Hall–Kier alpha value is -1.20. The highest BCUT2D eigenvalue weighted by atomic mass is 32.2. The number of para-hydroxylation sites is 2. The first-order valence-electron chi connectivity index (χ1n) is 5.31. The molecule has 0 aliphatic carbocycles. The molecule has 0 saturated carbocycles. The third-order valence-electron chi connectivity index (χ3n) is 2.76. The molecule has 1 aliphatic heterocycles. The van der Waals surface area contributed by atoms with Gasteiger partial charge in [-0.2, -0.15) is 0 Å². The first-order valence-corrected chi connectivity index (χ1v) is 6.53. The van der Waals surface area contributed by atoms with Crippen molar-refractivity contribution in [3.8, 4) is 0 Å². The monoisotopic (exact) mass is 236 g/mol. The molecule has 2 atom stereocenters. The number of nitrogens with zero attached hydrogens (tertiary/aromatic N) is 1. The minimum Gasteiger partial charge on any atom is -0.430 e. The fraction of sp³-hybridized carbons (Fsp3) is 0.364. The van der Waals surface area contributed by atoms with Crippen LogP contribution in [-0.4, -0.2) is 27.5 Å². The van der Waals surface area contributed by atoms with E-state index in [9.17, 15) is 4.21 Å². The van der Waals surface area contributed by atoms with Crippen LogP contribution in [0.1, 0.15) is 6.42 Å². The highest BCUT2D eigenvalue weighted by Gasteiger charge is 2.25. The van der Waals surface area contributed by atoms with E-state index in [1.807, 2.05) is 24.3 Å². The van der Waals surface area contributed by atoms with Crippen molar-refractivity contribution in [2.45, 2.75) is 16.9 Å². The summed E-state index contributed by atoms with van der Waals surface area (Å²) in [5.41, 5.74) is 1.48. The zero-order chi connectivity index (χ0) is 11.0. The lowest BCUT2D eigenvalue weighted by Gasteiger charge is -2.02. The van der Waals surface area contributed by atoms with Gasteiger partial charge >= 0.3 is 0 Å². The van der Waals surface area contributed by atoms with E-state index in [1.54, 1.807) is 0 Å². The molecule has 3 rings (SSSR count). The minimum absolute atomic E-state index is 0.132. The number of aromatic nitrogens is 1. The Morgan fingerprint density at radius 2 is 2.31 bits per heavy atom. The van der Waals surface area contributed by atoms with E-state index in [1.165, 1.54) is 0 Å². The van der Waals surface area contributed by atoms with E-state index >= 15 is 0 Å². The molecule has 2 aromatic rings. The van der Waals surface area contributed by atoms with Crippen LogP contribution in [-0.2, 0) is 10.8 Å². The highest BCUT2D eigenvalue weighted by molar-refractivity contribution is 7.85. The number of hydrogen-bond donors (Lipinski definition) is 1. The number of rotatable bonds is 2. The molecule has 1 fully saturated rings. The van der Waals surface area contributed by atoms with Gasteiger partial charge in [-0.15, -0.1) is 0 Å². The lowest BCUT2D eigenvalue weighted by atomic mass is 10.3.